The van der Waals surface area contributed by atoms with E-state index in [1.54, 1.807) is 12.1 Å². The third-order valence-electron chi connectivity index (χ3n) is 3.43. The third-order valence-corrected chi connectivity index (χ3v) is 4.07. The van der Waals surface area contributed by atoms with Gasteiger partial charge in [-0.2, -0.15) is 0 Å². The van der Waals surface area contributed by atoms with Gasteiger partial charge in [0.2, 0.25) is 5.91 Å². The van der Waals surface area contributed by atoms with Gasteiger partial charge in [0.05, 0.1) is 4.47 Å². The van der Waals surface area contributed by atoms with Crippen LogP contribution < -0.4 is 11.1 Å². The second kappa shape index (κ2) is 8.37. The van der Waals surface area contributed by atoms with Crippen LogP contribution in [-0.4, -0.2) is 12.5 Å². The monoisotopic (exact) mass is 344 g/mol. The van der Waals surface area contributed by atoms with Gasteiger partial charge in [0.1, 0.15) is 5.82 Å². The van der Waals surface area contributed by atoms with Crippen LogP contribution in [0.15, 0.2) is 22.7 Å². The molecule has 20 heavy (non-hydrogen) atoms. The van der Waals surface area contributed by atoms with Crippen LogP contribution in [0.4, 0.5) is 10.1 Å². The summed E-state index contributed by atoms with van der Waals surface area (Å²) in [6.45, 7) is 4.92. The fourth-order valence-corrected chi connectivity index (χ4v) is 2.39. The van der Waals surface area contributed by atoms with Crippen LogP contribution >= 0.6 is 15.9 Å². The Morgan fingerprint density at radius 1 is 1.40 bits per heavy atom. The lowest BCUT2D eigenvalue weighted by molar-refractivity contribution is -0.116. The quantitative estimate of drug-likeness (QED) is 0.787. The normalized spacial score (nSPS) is 12.5. The predicted octanol–water partition coefficient (Wildman–Crippen LogP) is 3.93. The molecule has 3 N–H and O–H groups in total. The molecule has 0 radical (unpaired) electrons. The Bertz CT molecular complexity index is 451. The Hall–Kier alpha value is -0.940. The van der Waals surface area contributed by atoms with Crippen LogP contribution in [0.1, 0.15) is 33.1 Å². The summed E-state index contributed by atoms with van der Waals surface area (Å²) < 4.78 is 13.7. The molecule has 0 spiro atoms. The second-order valence-electron chi connectivity index (χ2n) is 5.30. The number of benzene rings is 1. The zero-order valence-corrected chi connectivity index (χ0v) is 13.5. The van der Waals surface area contributed by atoms with Crippen molar-refractivity contribution in [2.75, 3.05) is 11.9 Å². The minimum absolute atomic E-state index is 0.0885. The summed E-state index contributed by atoms with van der Waals surface area (Å²) in [7, 11) is 0. The maximum atomic E-state index is 13.3. The van der Waals surface area contributed by atoms with E-state index in [0.717, 1.165) is 12.8 Å². The molecule has 0 aliphatic heterocycles. The Morgan fingerprint density at radius 3 is 2.65 bits per heavy atom. The van der Waals surface area contributed by atoms with E-state index in [0.29, 0.717) is 35.0 Å². The highest BCUT2D eigenvalue weighted by Crippen LogP contribution is 2.22. The highest BCUT2D eigenvalue weighted by atomic mass is 79.9. The number of amides is 1. The molecule has 0 bridgehead atoms. The maximum Gasteiger partial charge on any atom is 0.224 e. The minimum atomic E-state index is -0.383. The van der Waals surface area contributed by atoms with Crippen molar-refractivity contribution in [3.05, 3.63) is 28.5 Å². The molecular weight excluding hydrogens is 323 g/mol. The molecule has 0 aromatic heterocycles. The highest BCUT2D eigenvalue weighted by Gasteiger charge is 2.14. The van der Waals surface area contributed by atoms with E-state index in [1.165, 1.54) is 6.07 Å². The van der Waals surface area contributed by atoms with Crippen molar-refractivity contribution in [1.29, 1.82) is 0 Å². The number of nitrogens with one attached hydrogen (secondary N) is 1. The fraction of sp³-hybridized carbons (Fsp3) is 0.533. The largest absolute Gasteiger partial charge is 0.330 e. The van der Waals surface area contributed by atoms with E-state index in [-0.39, 0.29) is 11.7 Å². The van der Waals surface area contributed by atoms with Gasteiger partial charge >= 0.3 is 0 Å². The molecule has 3 nitrogen and oxygen atoms in total. The summed E-state index contributed by atoms with van der Waals surface area (Å²) in [4.78, 5) is 11.9. The lowest BCUT2D eigenvalue weighted by Crippen LogP contribution is -2.18. The van der Waals surface area contributed by atoms with Crippen LogP contribution in [-0.2, 0) is 4.79 Å². The summed E-state index contributed by atoms with van der Waals surface area (Å²) in [5, 5.41) is 2.72. The van der Waals surface area contributed by atoms with Crippen molar-refractivity contribution in [3.8, 4) is 0 Å². The van der Waals surface area contributed by atoms with Crippen LogP contribution in [0.25, 0.3) is 0 Å². The summed E-state index contributed by atoms with van der Waals surface area (Å²) >= 11 is 3.08. The van der Waals surface area contributed by atoms with Crippen LogP contribution in [0, 0.1) is 17.7 Å². The molecule has 0 heterocycles. The molecule has 0 aliphatic rings. The molecule has 112 valence electrons. The molecule has 0 fully saturated rings. The number of hydrogen-bond acceptors (Lipinski definition) is 2. The fourth-order valence-electron chi connectivity index (χ4n) is 2.14. The molecule has 0 aliphatic carbocycles. The number of carbonyl (C=O) groups excluding carboxylic acids is 1. The number of halogens is 2. The van der Waals surface area contributed by atoms with E-state index in [4.69, 9.17) is 5.73 Å². The Balaban J connectivity index is 2.48. The lowest BCUT2D eigenvalue weighted by Gasteiger charge is -2.19. The molecule has 0 saturated carbocycles. The summed E-state index contributed by atoms with van der Waals surface area (Å²) in [6, 6.07) is 4.56. The average Bonchev–Trinajstić information content (AvgIpc) is 2.38. The molecule has 1 atom stereocenters. The van der Waals surface area contributed by atoms with Gasteiger partial charge in [-0.1, -0.05) is 13.8 Å². The van der Waals surface area contributed by atoms with Gasteiger partial charge in [0, 0.05) is 12.1 Å². The van der Waals surface area contributed by atoms with Crippen LogP contribution in [0.5, 0.6) is 0 Å². The van der Waals surface area contributed by atoms with Crippen molar-refractivity contribution in [3.63, 3.8) is 0 Å². The molecular formula is C15H22BrFN2O. The summed E-state index contributed by atoms with van der Waals surface area (Å²) in [5.41, 5.74) is 6.06. The van der Waals surface area contributed by atoms with E-state index in [2.05, 4.69) is 35.1 Å². The van der Waals surface area contributed by atoms with E-state index in [9.17, 15) is 9.18 Å². The molecule has 1 amide bonds. The predicted molar refractivity (Wildman–Crippen MR) is 84.0 cm³/mol. The topological polar surface area (TPSA) is 55.1 Å². The number of carbonyl (C=O) groups is 1. The Labute approximate surface area is 128 Å². The van der Waals surface area contributed by atoms with Crippen molar-refractivity contribution < 1.29 is 9.18 Å². The van der Waals surface area contributed by atoms with Gasteiger partial charge in [-0.25, -0.2) is 4.39 Å². The first-order chi connectivity index (χ1) is 9.43. The van der Waals surface area contributed by atoms with Gasteiger partial charge in [-0.15, -0.1) is 0 Å². The number of anilines is 1. The van der Waals surface area contributed by atoms with Gasteiger partial charge in [-0.3, -0.25) is 4.79 Å². The molecule has 5 heteroatoms. The smallest absolute Gasteiger partial charge is 0.224 e. The molecule has 0 saturated heterocycles. The number of nitrogens with two attached hydrogens (primary N) is 1. The molecule has 1 rings (SSSR count). The van der Waals surface area contributed by atoms with Crippen LogP contribution in [0.2, 0.25) is 0 Å². The van der Waals surface area contributed by atoms with E-state index in [1.807, 2.05) is 0 Å². The van der Waals surface area contributed by atoms with E-state index < -0.39 is 0 Å². The number of hydrogen-bond donors (Lipinski definition) is 2. The van der Waals surface area contributed by atoms with E-state index >= 15 is 0 Å². The first-order valence-corrected chi connectivity index (χ1v) is 7.68. The Morgan fingerprint density at radius 2 is 2.10 bits per heavy atom. The molecule has 1 aromatic carbocycles. The third kappa shape index (κ3) is 5.59. The standard InChI is InChI=1S/C15H22BrFN2O/c1-10(2)11(7-8-18)3-6-15(20)19-12-4-5-13(16)14(17)9-12/h4-5,9-11H,3,6-8,18H2,1-2H3,(H,19,20). The molecule has 1 aromatic rings. The minimum Gasteiger partial charge on any atom is -0.330 e. The maximum absolute atomic E-state index is 13.3. The Kier molecular flexibility index (Phi) is 7.16. The SMILES string of the molecule is CC(C)C(CCN)CCC(=O)Nc1ccc(Br)c(F)c1. The highest BCUT2D eigenvalue weighted by molar-refractivity contribution is 9.10. The summed E-state index contributed by atoms with van der Waals surface area (Å²) in [6.07, 6.45) is 2.16. The number of rotatable bonds is 7. The lowest BCUT2D eigenvalue weighted by atomic mass is 9.88. The van der Waals surface area contributed by atoms with Crippen molar-refractivity contribution in [1.82, 2.24) is 0 Å². The van der Waals surface area contributed by atoms with Gasteiger partial charge in [-0.05, 0) is 65.4 Å². The van der Waals surface area contributed by atoms with Crippen molar-refractivity contribution in [2.45, 2.75) is 33.1 Å². The zero-order chi connectivity index (χ0) is 15.1. The average molecular weight is 345 g/mol. The van der Waals surface area contributed by atoms with Crippen molar-refractivity contribution in [2.24, 2.45) is 17.6 Å². The second-order valence-corrected chi connectivity index (χ2v) is 6.15. The summed E-state index contributed by atoms with van der Waals surface area (Å²) in [5.74, 6) is 0.490. The first kappa shape index (κ1) is 17.1. The first-order valence-electron chi connectivity index (χ1n) is 6.89. The molecule has 1 unspecified atom stereocenters. The van der Waals surface area contributed by atoms with Crippen LogP contribution in [0.3, 0.4) is 0 Å². The van der Waals surface area contributed by atoms with Gasteiger partial charge in [0.25, 0.3) is 0 Å². The van der Waals surface area contributed by atoms with Crippen molar-refractivity contribution >= 4 is 27.5 Å². The zero-order valence-electron chi connectivity index (χ0n) is 12.0. The van der Waals surface area contributed by atoms with Gasteiger partial charge < -0.3 is 11.1 Å². The van der Waals surface area contributed by atoms with Gasteiger partial charge in [0.15, 0.2) is 0 Å².